The fourth-order valence-corrected chi connectivity index (χ4v) is 3.10. The topological polar surface area (TPSA) is 15.3 Å². The number of halogens is 1. The molecule has 2 atom stereocenters. The van der Waals surface area contributed by atoms with Crippen molar-refractivity contribution in [3.05, 3.63) is 20.8 Å². The van der Waals surface area contributed by atoms with Crippen LogP contribution in [0.25, 0.3) is 0 Å². The van der Waals surface area contributed by atoms with Gasteiger partial charge in [-0.15, -0.1) is 11.3 Å². The molecule has 0 aromatic carbocycles. The van der Waals surface area contributed by atoms with Gasteiger partial charge in [-0.05, 0) is 55.4 Å². The standard InChI is InChI=1S/C13H23BrN2S/c1-5-10(2)16(4)9-8-15-11(3)12-6-7-13(14)17-12/h6-7,10-11,15H,5,8-9H2,1-4H3. The van der Waals surface area contributed by atoms with Crippen molar-refractivity contribution < 1.29 is 0 Å². The summed E-state index contributed by atoms with van der Waals surface area (Å²) in [5.74, 6) is 0. The van der Waals surface area contributed by atoms with E-state index in [4.69, 9.17) is 0 Å². The molecule has 0 aliphatic rings. The molecule has 0 fully saturated rings. The minimum Gasteiger partial charge on any atom is -0.308 e. The van der Waals surface area contributed by atoms with E-state index in [0.717, 1.165) is 13.1 Å². The second kappa shape index (κ2) is 7.52. The van der Waals surface area contributed by atoms with Gasteiger partial charge in [0.2, 0.25) is 0 Å². The van der Waals surface area contributed by atoms with Gasteiger partial charge >= 0.3 is 0 Å². The molecule has 0 amide bonds. The molecule has 0 radical (unpaired) electrons. The molecule has 0 saturated heterocycles. The van der Waals surface area contributed by atoms with Crippen LogP contribution in [-0.2, 0) is 0 Å². The first-order valence-corrected chi connectivity index (χ1v) is 7.84. The summed E-state index contributed by atoms with van der Waals surface area (Å²) in [5, 5.41) is 3.57. The maximum Gasteiger partial charge on any atom is 0.0701 e. The first-order valence-electron chi connectivity index (χ1n) is 6.23. The Morgan fingerprint density at radius 1 is 1.41 bits per heavy atom. The Morgan fingerprint density at radius 2 is 2.12 bits per heavy atom. The second-order valence-corrected chi connectivity index (χ2v) is 7.05. The van der Waals surface area contributed by atoms with Crippen LogP contribution in [-0.4, -0.2) is 31.1 Å². The Bertz CT molecular complexity index is 327. The molecule has 1 aromatic rings. The number of rotatable bonds is 7. The highest BCUT2D eigenvalue weighted by molar-refractivity contribution is 9.11. The van der Waals surface area contributed by atoms with E-state index in [2.05, 4.69) is 66.1 Å². The number of nitrogens with one attached hydrogen (secondary N) is 1. The Morgan fingerprint density at radius 3 is 2.65 bits per heavy atom. The lowest BCUT2D eigenvalue weighted by molar-refractivity contribution is 0.249. The van der Waals surface area contributed by atoms with E-state index < -0.39 is 0 Å². The maximum atomic E-state index is 3.57. The minimum absolute atomic E-state index is 0.441. The molecular weight excluding hydrogens is 296 g/mol. The van der Waals surface area contributed by atoms with Crippen LogP contribution in [0.4, 0.5) is 0 Å². The zero-order chi connectivity index (χ0) is 12.8. The Kier molecular flexibility index (Phi) is 6.70. The molecule has 1 rings (SSSR count). The highest BCUT2D eigenvalue weighted by Gasteiger charge is 2.09. The third kappa shape index (κ3) is 5.08. The molecule has 0 aliphatic carbocycles. The number of hydrogen-bond donors (Lipinski definition) is 1. The minimum atomic E-state index is 0.441. The molecule has 0 bridgehead atoms. The number of nitrogens with zero attached hydrogens (tertiary/aromatic N) is 1. The highest BCUT2D eigenvalue weighted by Crippen LogP contribution is 2.26. The Labute approximate surface area is 118 Å². The SMILES string of the molecule is CCC(C)N(C)CCNC(C)c1ccc(Br)s1. The Balaban J connectivity index is 2.27. The maximum absolute atomic E-state index is 3.57. The average Bonchev–Trinajstić information content (AvgIpc) is 2.74. The zero-order valence-corrected chi connectivity index (χ0v) is 13.6. The molecule has 0 spiro atoms. The molecule has 4 heteroatoms. The van der Waals surface area contributed by atoms with Crippen LogP contribution < -0.4 is 5.32 Å². The van der Waals surface area contributed by atoms with Gasteiger partial charge in [-0.25, -0.2) is 0 Å². The molecule has 0 aliphatic heterocycles. The molecule has 1 N–H and O–H groups in total. The van der Waals surface area contributed by atoms with E-state index in [1.807, 2.05) is 0 Å². The summed E-state index contributed by atoms with van der Waals surface area (Å²) < 4.78 is 1.21. The molecular formula is C13H23BrN2S. The lowest BCUT2D eigenvalue weighted by Gasteiger charge is -2.24. The highest BCUT2D eigenvalue weighted by atomic mass is 79.9. The van der Waals surface area contributed by atoms with Gasteiger partial charge in [0.15, 0.2) is 0 Å². The molecule has 98 valence electrons. The monoisotopic (exact) mass is 318 g/mol. The second-order valence-electron chi connectivity index (χ2n) is 4.56. The van der Waals surface area contributed by atoms with E-state index >= 15 is 0 Å². The van der Waals surface area contributed by atoms with E-state index in [0.29, 0.717) is 12.1 Å². The average molecular weight is 319 g/mol. The van der Waals surface area contributed by atoms with Crippen LogP contribution >= 0.6 is 27.3 Å². The Hall–Kier alpha value is 0.1000. The van der Waals surface area contributed by atoms with Gasteiger partial charge in [0.05, 0.1) is 3.79 Å². The van der Waals surface area contributed by atoms with Crippen molar-refractivity contribution in [3.63, 3.8) is 0 Å². The van der Waals surface area contributed by atoms with Gasteiger partial charge < -0.3 is 10.2 Å². The van der Waals surface area contributed by atoms with Gasteiger partial charge in [-0.1, -0.05) is 6.92 Å². The van der Waals surface area contributed by atoms with Crippen LogP contribution in [0.3, 0.4) is 0 Å². The van der Waals surface area contributed by atoms with Crippen molar-refractivity contribution in [3.8, 4) is 0 Å². The number of hydrogen-bond acceptors (Lipinski definition) is 3. The first-order chi connectivity index (χ1) is 8.04. The fraction of sp³-hybridized carbons (Fsp3) is 0.692. The van der Waals surface area contributed by atoms with Crippen molar-refractivity contribution in [2.45, 2.75) is 39.3 Å². The molecule has 1 aromatic heterocycles. The van der Waals surface area contributed by atoms with Crippen molar-refractivity contribution in [2.24, 2.45) is 0 Å². The smallest absolute Gasteiger partial charge is 0.0701 e. The zero-order valence-electron chi connectivity index (χ0n) is 11.2. The van der Waals surface area contributed by atoms with Gasteiger partial charge in [0.25, 0.3) is 0 Å². The van der Waals surface area contributed by atoms with Gasteiger partial charge in [0, 0.05) is 30.1 Å². The van der Waals surface area contributed by atoms with Crippen molar-refractivity contribution in [1.29, 1.82) is 0 Å². The predicted molar refractivity (Wildman–Crippen MR) is 80.8 cm³/mol. The van der Waals surface area contributed by atoms with Crippen molar-refractivity contribution in [1.82, 2.24) is 10.2 Å². The third-order valence-corrected chi connectivity index (χ3v) is 5.09. The largest absolute Gasteiger partial charge is 0.308 e. The van der Waals surface area contributed by atoms with Crippen LogP contribution in [0.1, 0.15) is 38.1 Å². The van der Waals surface area contributed by atoms with Crippen LogP contribution in [0.15, 0.2) is 15.9 Å². The van der Waals surface area contributed by atoms with Gasteiger partial charge in [0.1, 0.15) is 0 Å². The molecule has 17 heavy (non-hydrogen) atoms. The van der Waals surface area contributed by atoms with E-state index in [1.54, 1.807) is 11.3 Å². The predicted octanol–water partition coefficient (Wildman–Crippen LogP) is 3.89. The van der Waals surface area contributed by atoms with Crippen LogP contribution in [0.2, 0.25) is 0 Å². The first kappa shape index (κ1) is 15.2. The molecule has 0 saturated carbocycles. The molecule has 1 heterocycles. The summed E-state index contributed by atoms with van der Waals surface area (Å²) in [6, 6.07) is 5.41. The van der Waals surface area contributed by atoms with Crippen LogP contribution in [0, 0.1) is 0 Å². The van der Waals surface area contributed by atoms with Crippen molar-refractivity contribution in [2.75, 3.05) is 20.1 Å². The van der Waals surface area contributed by atoms with E-state index in [1.165, 1.54) is 15.1 Å². The normalized spacial score (nSPS) is 15.2. The van der Waals surface area contributed by atoms with Gasteiger partial charge in [-0.3, -0.25) is 0 Å². The van der Waals surface area contributed by atoms with Crippen LogP contribution in [0.5, 0.6) is 0 Å². The fourth-order valence-electron chi connectivity index (χ4n) is 1.65. The summed E-state index contributed by atoms with van der Waals surface area (Å²) in [6.07, 6.45) is 1.21. The number of likely N-dealkylation sites (N-methyl/N-ethyl adjacent to an activating group) is 1. The number of thiophene rings is 1. The lowest BCUT2D eigenvalue weighted by atomic mass is 10.2. The third-order valence-electron chi connectivity index (χ3n) is 3.28. The van der Waals surface area contributed by atoms with Crippen molar-refractivity contribution >= 4 is 27.3 Å². The summed E-state index contributed by atoms with van der Waals surface area (Å²) in [5.41, 5.74) is 0. The summed E-state index contributed by atoms with van der Waals surface area (Å²) in [4.78, 5) is 3.80. The summed E-state index contributed by atoms with van der Waals surface area (Å²) >= 11 is 5.31. The summed E-state index contributed by atoms with van der Waals surface area (Å²) in [7, 11) is 2.20. The van der Waals surface area contributed by atoms with Gasteiger partial charge in [-0.2, -0.15) is 0 Å². The van der Waals surface area contributed by atoms with E-state index in [9.17, 15) is 0 Å². The molecule has 2 nitrogen and oxygen atoms in total. The van der Waals surface area contributed by atoms with E-state index in [-0.39, 0.29) is 0 Å². The lowest BCUT2D eigenvalue weighted by Crippen LogP contribution is -2.35. The molecule has 2 unspecified atom stereocenters. The quantitative estimate of drug-likeness (QED) is 0.820. The summed E-state index contributed by atoms with van der Waals surface area (Å²) in [6.45, 7) is 8.88.